The number of sulfone groups is 2. The van der Waals surface area contributed by atoms with Gasteiger partial charge in [-0.05, 0) is 67.3 Å². The van der Waals surface area contributed by atoms with Gasteiger partial charge < -0.3 is 10.2 Å². The van der Waals surface area contributed by atoms with Crippen molar-refractivity contribution in [3.63, 3.8) is 0 Å². The van der Waals surface area contributed by atoms with Crippen LogP contribution in [0.1, 0.15) is 28.8 Å². The van der Waals surface area contributed by atoms with E-state index in [1.807, 2.05) is 0 Å². The van der Waals surface area contributed by atoms with Crippen LogP contribution in [0.5, 0.6) is 0 Å². The number of anilines is 1. The molecular weight excluding hydrogens is 478 g/mol. The maximum Gasteiger partial charge on any atom is 0.322 e. The van der Waals surface area contributed by atoms with Gasteiger partial charge in [0.1, 0.15) is 0 Å². The normalized spacial score (nSPS) is 16.9. The van der Waals surface area contributed by atoms with Crippen molar-refractivity contribution in [3.05, 3.63) is 53.6 Å². The summed E-state index contributed by atoms with van der Waals surface area (Å²) in [6.07, 6.45) is 4.09. The number of urea groups is 1. The molecule has 0 unspecified atom stereocenters. The van der Waals surface area contributed by atoms with Crippen molar-refractivity contribution in [2.45, 2.75) is 35.1 Å². The van der Waals surface area contributed by atoms with Crippen molar-refractivity contribution in [3.8, 4) is 0 Å². The Labute approximate surface area is 199 Å². The van der Waals surface area contributed by atoms with Crippen LogP contribution in [0.3, 0.4) is 0 Å². The van der Waals surface area contributed by atoms with E-state index in [9.17, 15) is 26.4 Å². The number of benzene rings is 2. The molecule has 0 aromatic heterocycles. The van der Waals surface area contributed by atoms with E-state index in [0.29, 0.717) is 44.5 Å². The summed E-state index contributed by atoms with van der Waals surface area (Å²) >= 11 is 0. The third-order valence-corrected chi connectivity index (χ3v) is 8.50. The van der Waals surface area contributed by atoms with Gasteiger partial charge in [0, 0.05) is 49.4 Å². The molecular formula is C23H27N3O6S2. The summed E-state index contributed by atoms with van der Waals surface area (Å²) in [5, 5.41) is 3.03. The van der Waals surface area contributed by atoms with E-state index in [1.165, 1.54) is 30.3 Å². The average molecular weight is 506 g/mol. The molecule has 1 saturated heterocycles. The molecule has 182 valence electrons. The molecule has 2 heterocycles. The van der Waals surface area contributed by atoms with E-state index in [0.717, 1.165) is 23.8 Å². The van der Waals surface area contributed by atoms with Crippen LogP contribution < -0.4 is 10.2 Å². The van der Waals surface area contributed by atoms with Gasteiger partial charge >= 0.3 is 6.03 Å². The van der Waals surface area contributed by atoms with Gasteiger partial charge in [-0.3, -0.25) is 9.69 Å². The molecule has 0 bridgehead atoms. The van der Waals surface area contributed by atoms with Crippen LogP contribution in [0.15, 0.2) is 52.3 Å². The van der Waals surface area contributed by atoms with E-state index < -0.39 is 19.7 Å². The molecule has 2 aliphatic rings. The fraction of sp³-hybridized carbons (Fsp3) is 0.391. The maximum atomic E-state index is 12.9. The topological polar surface area (TPSA) is 121 Å². The molecule has 0 atom stereocenters. The number of carbonyl (C=O) groups excluding carboxylic acids is 2. The molecule has 4 rings (SSSR count). The first-order chi connectivity index (χ1) is 15.9. The monoisotopic (exact) mass is 505 g/mol. The second-order valence-corrected chi connectivity index (χ2v) is 12.8. The zero-order valence-electron chi connectivity index (χ0n) is 19.0. The molecule has 0 spiro atoms. The summed E-state index contributed by atoms with van der Waals surface area (Å²) in [5.74, 6) is -0.167. The van der Waals surface area contributed by atoms with E-state index in [2.05, 4.69) is 5.32 Å². The van der Waals surface area contributed by atoms with Gasteiger partial charge in [0.2, 0.25) is 0 Å². The number of amides is 3. The lowest BCUT2D eigenvalue weighted by Crippen LogP contribution is -2.50. The third-order valence-electron chi connectivity index (χ3n) is 6.26. The lowest BCUT2D eigenvalue weighted by atomic mass is 10.0. The number of carbonyl (C=O) groups is 2. The van der Waals surface area contributed by atoms with Crippen molar-refractivity contribution in [2.75, 3.05) is 37.0 Å². The number of nitrogens with zero attached hydrogens (tertiary/aromatic N) is 2. The Balaban J connectivity index is 1.33. The highest BCUT2D eigenvalue weighted by Crippen LogP contribution is 2.30. The Morgan fingerprint density at radius 1 is 0.853 bits per heavy atom. The number of piperidine rings is 1. The van der Waals surface area contributed by atoms with Gasteiger partial charge in [-0.15, -0.1) is 0 Å². The number of fused-ring (bicyclic) bond motifs is 1. The van der Waals surface area contributed by atoms with Crippen LogP contribution in [-0.2, 0) is 26.1 Å². The van der Waals surface area contributed by atoms with Crippen LogP contribution in [-0.4, -0.2) is 71.9 Å². The summed E-state index contributed by atoms with van der Waals surface area (Å²) in [4.78, 5) is 29.4. The number of rotatable bonds is 4. The fourth-order valence-electron chi connectivity index (χ4n) is 4.33. The van der Waals surface area contributed by atoms with Gasteiger partial charge in [0.25, 0.3) is 5.91 Å². The van der Waals surface area contributed by atoms with E-state index >= 15 is 0 Å². The molecule has 0 aliphatic carbocycles. The number of nitrogens with one attached hydrogen (secondary N) is 1. The highest BCUT2D eigenvalue weighted by Gasteiger charge is 2.29. The molecule has 34 heavy (non-hydrogen) atoms. The SMILES string of the molecule is CS(=O)(=O)c1ccc(C(=O)N2CCC(NC(=O)N3CCc4cc(S(C)(=O)=O)ccc43)CC2)cc1. The minimum absolute atomic E-state index is 0.0801. The zero-order valence-corrected chi connectivity index (χ0v) is 20.7. The second-order valence-electron chi connectivity index (χ2n) is 8.78. The first-order valence-electron chi connectivity index (χ1n) is 10.9. The number of likely N-dealkylation sites (tertiary alicyclic amines) is 1. The molecule has 3 amide bonds. The van der Waals surface area contributed by atoms with Gasteiger partial charge in [0.05, 0.1) is 9.79 Å². The Hall–Kier alpha value is -2.92. The smallest absolute Gasteiger partial charge is 0.322 e. The Bertz CT molecular complexity index is 1330. The lowest BCUT2D eigenvalue weighted by molar-refractivity contribution is 0.0708. The minimum Gasteiger partial charge on any atom is -0.338 e. The van der Waals surface area contributed by atoms with E-state index in [1.54, 1.807) is 21.9 Å². The van der Waals surface area contributed by atoms with Gasteiger partial charge in [0.15, 0.2) is 19.7 Å². The van der Waals surface area contributed by atoms with Crippen molar-refractivity contribution >= 4 is 37.3 Å². The first kappa shape index (κ1) is 24.2. The maximum absolute atomic E-state index is 12.9. The van der Waals surface area contributed by atoms with Crippen molar-refractivity contribution < 1.29 is 26.4 Å². The highest BCUT2D eigenvalue weighted by molar-refractivity contribution is 7.91. The van der Waals surface area contributed by atoms with Crippen LogP contribution >= 0.6 is 0 Å². The summed E-state index contributed by atoms with van der Waals surface area (Å²) < 4.78 is 46.8. The number of hydrogen-bond acceptors (Lipinski definition) is 6. The summed E-state index contributed by atoms with van der Waals surface area (Å²) in [5.41, 5.74) is 1.98. The van der Waals surface area contributed by atoms with E-state index in [4.69, 9.17) is 0 Å². The molecule has 0 radical (unpaired) electrons. The molecule has 9 nitrogen and oxygen atoms in total. The molecule has 2 aromatic carbocycles. The largest absolute Gasteiger partial charge is 0.338 e. The Kier molecular flexibility index (Phi) is 6.43. The van der Waals surface area contributed by atoms with Gasteiger partial charge in [-0.1, -0.05) is 0 Å². The first-order valence-corrected chi connectivity index (χ1v) is 14.7. The lowest BCUT2D eigenvalue weighted by Gasteiger charge is -2.33. The summed E-state index contributed by atoms with van der Waals surface area (Å²) in [7, 11) is -6.62. The predicted octanol–water partition coefficient (Wildman–Crippen LogP) is 1.87. The van der Waals surface area contributed by atoms with Crippen LogP contribution in [0.4, 0.5) is 10.5 Å². The average Bonchev–Trinajstić information content (AvgIpc) is 3.21. The predicted molar refractivity (Wildman–Crippen MR) is 128 cm³/mol. The van der Waals surface area contributed by atoms with Crippen LogP contribution in [0.25, 0.3) is 0 Å². The van der Waals surface area contributed by atoms with Crippen molar-refractivity contribution in [1.82, 2.24) is 10.2 Å². The third kappa shape index (κ3) is 5.10. The Morgan fingerprint density at radius 3 is 2.03 bits per heavy atom. The van der Waals surface area contributed by atoms with Crippen molar-refractivity contribution in [2.24, 2.45) is 0 Å². The van der Waals surface area contributed by atoms with Gasteiger partial charge in [-0.25, -0.2) is 21.6 Å². The minimum atomic E-state index is -3.32. The molecule has 11 heteroatoms. The molecule has 1 N–H and O–H groups in total. The molecule has 2 aliphatic heterocycles. The summed E-state index contributed by atoms with van der Waals surface area (Å²) in [6.45, 7) is 1.44. The van der Waals surface area contributed by atoms with Crippen LogP contribution in [0.2, 0.25) is 0 Å². The molecule has 2 aromatic rings. The standard InChI is InChI=1S/C23H27N3O6S2/c1-33(29,30)19-5-3-16(4-6-19)22(27)25-12-10-18(11-13-25)24-23(28)26-14-9-17-15-20(34(2,31)32)7-8-21(17)26/h3-8,15,18H,9-14H2,1-2H3,(H,24,28). The molecule has 1 fully saturated rings. The van der Waals surface area contributed by atoms with Crippen LogP contribution in [0, 0.1) is 0 Å². The zero-order chi connectivity index (χ0) is 24.7. The van der Waals surface area contributed by atoms with E-state index in [-0.39, 0.29) is 27.8 Å². The van der Waals surface area contributed by atoms with Gasteiger partial charge in [-0.2, -0.15) is 0 Å². The fourth-order valence-corrected chi connectivity index (χ4v) is 5.63. The van der Waals surface area contributed by atoms with Crippen molar-refractivity contribution in [1.29, 1.82) is 0 Å². The quantitative estimate of drug-likeness (QED) is 0.677. The summed E-state index contributed by atoms with van der Waals surface area (Å²) in [6, 6.07) is 10.4. The molecule has 0 saturated carbocycles. The highest BCUT2D eigenvalue weighted by atomic mass is 32.2. The Morgan fingerprint density at radius 2 is 1.44 bits per heavy atom. The second kappa shape index (κ2) is 9.03. The number of hydrogen-bond donors (Lipinski definition) is 1.